The Morgan fingerprint density at radius 2 is 1.97 bits per heavy atom. The van der Waals surface area contributed by atoms with Crippen molar-refractivity contribution in [2.24, 2.45) is 17.4 Å². The van der Waals surface area contributed by atoms with E-state index in [9.17, 15) is 4.79 Å². The van der Waals surface area contributed by atoms with Gasteiger partial charge in [0.2, 0.25) is 0 Å². The fraction of sp³-hybridized carbons (Fsp3) is 0.480. The number of hydrogen-bond donors (Lipinski definition) is 4. The van der Waals surface area contributed by atoms with Gasteiger partial charge in [-0.05, 0) is 69.1 Å². The Morgan fingerprint density at radius 3 is 2.70 bits per heavy atom. The van der Waals surface area contributed by atoms with E-state index < -0.39 is 0 Å². The maximum absolute atomic E-state index is 13.2. The largest absolute Gasteiger partial charge is 0.493 e. The van der Waals surface area contributed by atoms with Gasteiger partial charge in [0.1, 0.15) is 23.3 Å². The van der Waals surface area contributed by atoms with Crippen LogP contribution in [0.25, 0.3) is 22.3 Å². The molecule has 0 atom stereocenters. The highest BCUT2D eigenvalue weighted by Gasteiger charge is 2.26. The van der Waals surface area contributed by atoms with Crippen molar-refractivity contribution < 1.29 is 9.53 Å². The predicted octanol–water partition coefficient (Wildman–Crippen LogP) is 3.18. The van der Waals surface area contributed by atoms with Gasteiger partial charge in [0.15, 0.2) is 0 Å². The summed E-state index contributed by atoms with van der Waals surface area (Å²) in [6.45, 7) is 3.02. The first kappa shape index (κ1) is 21.9. The van der Waals surface area contributed by atoms with Gasteiger partial charge in [0.25, 0.3) is 5.91 Å². The Kier molecular flexibility index (Phi) is 6.03. The number of aromatic amines is 1. The van der Waals surface area contributed by atoms with Gasteiger partial charge in [0.05, 0.1) is 17.7 Å². The number of hydrogen-bond acceptors (Lipinski definition) is 6. The van der Waals surface area contributed by atoms with Crippen LogP contribution in [0.5, 0.6) is 5.75 Å². The lowest BCUT2D eigenvalue weighted by atomic mass is 9.91. The van der Waals surface area contributed by atoms with Gasteiger partial charge in [-0.3, -0.25) is 4.79 Å². The molecule has 0 radical (unpaired) electrons. The van der Waals surface area contributed by atoms with E-state index >= 15 is 0 Å². The van der Waals surface area contributed by atoms with Crippen LogP contribution in [0.4, 0.5) is 0 Å². The van der Waals surface area contributed by atoms with Crippen LogP contribution >= 0.6 is 0 Å². The van der Waals surface area contributed by atoms with Gasteiger partial charge >= 0.3 is 0 Å². The molecule has 0 aliphatic heterocycles. The molecule has 0 saturated heterocycles. The summed E-state index contributed by atoms with van der Waals surface area (Å²) in [6, 6.07) is 6.35. The number of fused-ring (bicyclic) bond motifs is 1. The predicted molar refractivity (Wildman–Crippen MR) is 128 cm³/mol. The minimum atomic E-state index is -0.107. The number of aryl methyl sites for hydroxylation is 1. The van der Waals surface area contributed by atoms with Crippen LogP contribution in [0, 0.1) is 12.8 Å². The number of amides is 1. The molecule has 8 heteroatoms. The molecule has 33 heavy (non-hydrogen) atoms. The topological polar surface area (TPSA) is 132 Å². The minimum Gasteiger partial charge on any atom is -0.493 e. The van der Waals surface area contributed by atoms with Crippen molar-refractivity contribution in [1.82, 2.24) is 20.3 Å². The third-order valence-corrected chi connectivity index (χ3v) is 6.81. The highest BCUT2D eigenvalue weighted by atomic mass is 16.5. The molecule has 5 rings (SSSR count). The van der Waals surface area contributed by atoms with Gasteiger partial charge in [-0.15, -0.1) is 0 Å². The first-order chi connectivity index (χ1) is 16.0. The zero-order valence-corrected chi connectivity index (χ0v) is 19.1. The number of carbonyl (C=O) groups is 1. The molecule has 1 amide bonds. The third kappa shape index (κ3) is 4.58. The molecule has 174 valence electrons. The van der Waals surface area contributed by atoms with Crippen molar-refractivity contribution in [2.45, 2.75) is 64.1 Å². The van der Waals surface area contributed by atoms with Crippen molar-refractivity contribution in [3.8, 4) is 17.0 Å². The monoisotopic (exact) mass is 448 g/mol. The lowest BCUT2D eigenvalue weighted by Crippen LogP contribution is -2.40. The summed E-state index contributed by atoms with van der Waals surface area (Å²) in [6.07, 6.45) is 7.63. The Hall–Kier alpha value is -2.97. The van der Waals surface area contributed by atoms with Crippen LogP contribution in [0.2, 0.25) is 0 Å². The first-order valence-corrected chi connectivity index (χ1v) is 11.9. The summed E-state index contributed by atoms with van der Waals surface area (Å²) in [5, 5.41) is 3.19. The Labute approximate surface area is 193 Å². The van der Waals surface area contributed by atoms with Gasteiger partial charge < -0.3 is 26.5 Å². The molecule has 0 bridgehead atoms. The standard InChI is InChI=1S/C25H32N6O2/c1-14-21(25(32)31-18-7-5-17(27)6-8-18)23-24(30-14)22(28-13-29-23)19-10-16(11-26)4-9-20(19)33-12-15-2-3-15/h4,9-10,13,15,17-18,30H,2-3,5-8,11-12,26-27H2,1H3,(H,31,32). The Morgan fingerprint density at radius 1 is 1.18 bits per heavy atom. The molecule has 2 aliphatic rings. The third-order valence-electron chi connectivity index (χ3n) is 6.81. The number of H-pyrrole nitrogens is 1. The molecule has 2 heterocycles. The smallest absolute Gasteiger partial charge is 0.255 e. The number of nitrogens with zero attached hydrogens (tertiary/aromatic N) is 2. The molecule has 2 aromatic heterocycles. The van der Waals surface area contributed by atoms with Crippen molar-refractivity contribution in [1.29, 1.82) is 0 Å². The number of nitrogens with one attached hydrogen (secondary N) is 2. The summed E-state index contributed by atoms with van der Waals surface area (Å²) in [4.78, 5) is 25.7. The normalized spacial score (nSPS) is 20.7. The summed E-state index contributed by atoms with van der Waals surface area (Å²) in [7, 11) is 0. The molecule has 6 N–H and O–H groups in total. The fourth-order valence-electron chi connectivity index (χ4n) is 4.63. The van der Waals surface area contributed by atoms with Gasteiger partial charge in [0, 0.05) is 29.9 Å². The second-order valence-electron chi connectivity index (χ2n) is 9.45. The van der Waals surface area contributed by atoms with E-state index in [4.69, 9.17) is 16.2 Å². The van der Waals surface area contributed by atoms with E-state index in [2.05, 4.69) is 20.3 Å². The molecule has 8 nitrogen and oxygen atoms in total. The van der Waals surface area contributed by atoms with E-state index in [-0.39, 0.29) is 18.0 Å². The van der Waals surface area contributed by atoms with Crippen LogP contribution in [0.15, 0.2) is 24.5 Å². The lowest BCUT2D eigenvalue weighted by Gasteiger charge is -2.26. The van der Waals surface area contributed by atoms with Crippen molar-refractivity contribution >= 4 is 16.9 Å². The van der Waals surface area contributed by atoms with Crippen LogP contribution in [-0.4, -0.2) is 39.5 Å². The van der Waals surface area contributed by atoms with Crippen molar-refractivity contribution in [3.05, 3.63) is 41.3 Å². The van der Waals surface area contributed by atoms with Crippen molar-refractivity contribution in [3.63, 3.8) is 0 Å². The van der Waals surface area contributed by atoms with Crippen LogP contribution in [0.1, 0.15) is 60.1 Å². The molecular formula is C25H32N6O2. The molecule has 2 fully saturated rings. The Bertz CT molecular complexity index is 1160. The lowest BCUT2D eigenvalue weighted by molar-refractivity contribution is 0.0927. The number of aromatic nitrogens is 3. The van der Waals surface area contributed by atoms with E-state index in [1.165, 1.54) is 19.2 Å². The number of ether oxygens (including phenoxy) is 1. The average molecular weight is 449 g/mol. The molecule has 2 aliphatic carbocycles. The van der Waals surface area contributed by atoms with Gasteiger partial charge in [-0.1, -0.05) is 6.07 Å². The van der Waals surface area contributed by atoms with Gasteiger partial charge in [-0.2, -0.15) is 0 Å². The minimum absolute atomic E-state index is 0.107. The number of rotatable bonds is 7. The van der Waals surface area contributed by atoms with Crippen molar-refractivity contribution in [2.75, 3.05) is 6.61 Å². The maximum Gasteiger partial charge on any atom is 0.255 e. The van der Waals surface area contributed by atoms with E-state index in [1.54, 1.807) is 0 Å². The quantitative estimate of drug-likeness (QED) is 0.439. The second kappa shape index (κ2) is 9.11. The van der Waals surface area contributed by atoms with E-state index in [1.807, 2.05) is 25.1 Å². The molecule has 0 spiro atoms. The summed E-state index contributed by atoms with van der Waals surface area (Å²) in [5.74, 6) is 1.30. The highest BCUT2D eigenvalue weighted by Crippen LogP contribution is 2.37. The molecule has 3 aromatic rings. The number of carbonyl (C=O) groups excluding carboxylic acids is 1. The summed E-state index contributed by atoms with van der Waals surface area (Å²) in [5.41, 5.74) is 17.2. The number of benzene rings is 1. The zero-order chi connectivity index (χ0) is 22.9. The molecule has 1 aromatic carbocycles. The first-order valence-electron chi connectivity index (χ1n) is 11.9. The van der Waals surface area contributed by atoms with Gasteiger partial charge in [-0.25, -0.2) is 9.97 Å². The van der Waals surface area contributed by atoms with Crippen LogP contribution in [-0.2, 0) is 6.54 Å². The molecule has 0 unspecified atom stereocenters. The molecular weight excluding hydrogens is 416 g/mol. The highest BCUT2D eigenvalue weighted by molar-refractivity contribution is 6.09. The number of nitrogens with two attached hydrogens (primary N) is 2. The maximum atomic E-state index is 13.2. The van der Waals surface area contributed by atoms with Crippen LogP contribution < -0.4 is 21.5 Å². The average Bonchev–Trinajstić information content (AvgIpc) is 3.58. The van der Waals surface area contributed by atoms with E-state index in [0.29, 0.717) is 35.8 Å². The second-order valence-corrected chi connectivity index (χ2v) is 9.45. The summed E-state index contributed by atoms with van der Waals surface area (Å²) < 4.78 is 6.15. The summed E-state index contributed by atoms with van der Waals surface area (Å²) >= 11 is 0. The fourth-order valence-corrected chi connectivity index (χ4v) is 4.63. The zero-order valence-electron chi connectivity index (χ0n) is 19.1. The van der Waals surface area contributed by atoms with Crippen LogP contribution in [0.3, 0.4) is 0 Å². The molecule has 2 saturated carbocycles. The van der Waals surface area contributed by atoms with E-state index in [0.717, 1.165) is 53.8 Å². The Balaban J connectivity index is 1.50. The SMILES string of the molecule is Cc1[nH]c2c(-c3cc(CN)ccc3OCC3CC3)ncnc2c1C(=O)NC1CCC(N)CC1.